The van der Waals surface area contributed by atoms with Gasteiger partial charge in [-0.25, -0.2) is 0 Å². The van der Waals surface area contributed by atoms with Gasteiger partial charge in [0.2, 0.25) is 0 Å². The third kappa shape index (κ3) is 2.60. The first-order valence-electron chi connectivity index (χ1n) is 6.94. The zero-order chi connectivity index (χ0) is 15.7. The van der Waals surface area contributed by atoms with Gasteiger partial charge in [0.15, 0.2) is 0 Å². The molecule has 0 aliphatic heterocycles. The normalized spacial score (nSPS) is 10.9. The Balaban J connectivity index is 2.28. The van der Waals surface area contributed by atoms with Crippen LogP contribution < -0.4 is 0 Å². The summed E-state index contributed by atoms with van der Waals surface area (Å²) in [7, 11) is 1.37. The van der Waals surface area contributed by atoms with Crippen molar-refractivity contribution in [3.8, 4) is 11.1 Å². The molecule has 0 saturated heterocycles. The number of carbonyl (C=O) groups is 1. The minimum absolute atomic E-state index is 0.0897. The maximum atomic E-state index is 11.7. The molecular weight excluding hydrogens is 300 g/mol. The van der Waals surface area contributed by atoms with E-state index in [2.05, 4.69) is 0 Å². The lowest BCUT2D eigenvalue weighted by Gasteiger charge is -2.06. The van der Waals surface area contributed by atoms with Crippen LogP contribution in [-0.2, 0) is 16.0 Å². The summed E-state index contributed by atoms with van der Waals surface area (Å²) < 4.78 is 10.6. The summed E-state index contributed by atoms with van der Waals surface area (Å²) in [5.74, 6) is 0.262. The molecule has 4 heteroatoms. The van der Waals surface area contributed by atoms with Crippen molar-refractivity contribution in [1.82, 2.24) is 0 Å². The van der Waals surface area contributed by atoms with Crippen LogP contribution in [0.15, 0.2) is 46.9 Å². The van der Waals surface area contributed by atoms with Gasteiger partial charge >= 0.3 is 5.97 Å². The SMILES string of the molecule is COC(=O)Cc1oc2ccc(Cl)cc2c1-c1ccccc1C. The van der Waals surface area contributed by atoms with E-state index in [0.717, 1.165) is 22.1 Å². The van der Waals surface area contributed by atoms with Crippen molar-refractivity contribution >= 4 is 28.5 Å². The number of fused-ring (bicyclic) bond motifs is 1. The number of methoxy groups -OCH3 is 1. The van der Waals surface area contributed by atoms with Gasteiger partial charge < -0.3 is 9.15 Å². The molecule has 0 N–H and O–H groups in total. The Kier molecular flexibility index (Phi) is 3.90. The van der Waals surface area contributed by atoms with Gasteiger partial charge in [0.1, 0.15) is 17.8 Å². The summed E-state index contributed by atoms with van der Waals surface area (Å²) in [4.78, 5) is 11.7. The molecule has 0 amide bonds. The van der Waals surface area contributed by atoms with Crippen LogP contribution in [0.25, 0.3) is 22.1 Å². The Morgan fingerprint density at radius 3 is 2.73 bits per heavy atom. The highest BCUT2D eigenvalue weighted by Crippen LogP contribution is 2.38. The fourth-order valence-corrected chi connectivity index (χ4v) is 2.77. The molecule has 112 valence electrons. The van der Waals surface area contributed by atoms with Gasteiger partial charge in [-0.2, -0.15) is 0 Å². The van der Waals surface area contributed by atoms with Gasteiger partial charge in [0.25, 0.3) is 0 Å². The number of carbonyl (C=O) groups excluding carboxylic acids is 1. The second-order valence-electron chi connectivity index (χ2n) is 5.11. The number of halogens is 1. The van der Waals surface area contributed by atoms with Crippen molar-refractivity contribution in [2.45, 2.75) is 13.3 Å². The van der Waals surface area contributed by atoms with Gasteiger partial charge in [0.05, 0.1) is 7.11 Å². The third-order valence-corrected chi connectivity index (χ3v) is 3.91. The maximum Gasteiger partial charge on any atom is 0.313 e. The van der Waals surface area contributed by atoms with Gasteiger partial charge in [-0.1, -0.05) is 35.9 Å². The summed E-state index contributed by atoms with van der Waals surface area (Å²) in [5.41, 5.74) is 3.75. The molecule has 0 atom stereocenters. The van der Waals surface area contributed by atoms with Crippen molar-refractivity contribution in [2.24, 2.45) is 0 Å². The van der Waals surface area contributed by atoms with Crippen molar-refractivity contribution in [1.29, 1.82) is 0 Å². The fraction of sp³-hybridized carbons (Fsp3) is 0.167. The van der Waals surface area contributed by atoms with Crippen molar-refractivity contribution < 1.29 is 13.9 Å². The Labute approximate surface area is 133 Å². The first-order chi connectivity index (χ1) is 10.6. The number of esters is 1. The molecule has 3 nitrogen and oxygen atoms in total. The average molecular weight is 315 g/mol. The molecule has 2 aromatic carbocycles. The van der Waals surface area contributed by atoms with Gasteiger partial charge in [-0.15, -0.1) is 0 Å². The van der Waals surface area contributed by atoms with Crippen molar-refractivity contribution in [3.63, 3.8) is 0 Å². The van der Waals surface area contributed by atoms with Crippen LogP contribution in [0, 0.1) is 6.92 Å². The van der Waals surface area contributed by atoms with Crippen LogP contribution in [0.5, 0.6) is 0 Å². The highest BCUT2D eigenvalue weighted by atomic mass is 35.5. The number of hydrogen-bond donors (Lipinski definition) is 0. The molecule has 0 aliphatic rings. The molecule has 0 saturated carbocycles. The van der Waals surface area contributed by atoms with E-state index in [9.17, 15) is 4.79 Å². The van der Waals surface area contributed by atoms with Crippen LogP contribution in [0.1, 0.15) is 11.3 Å². The largest absolute Gasteiger partial charge is 0.469 e. The van der Waals surface area contributed by atoms with Crippen LogP contribution in [0.3, 0.4) is 0 Å². The van der Waals surface area contributed by atoms with Crippen molar-refractivity contribution in [2.75, 3.05) is 7.11 Å². The Hall–Kier alpha value is -2.26. The number of rotatable bonds is 3. The van der Waals surface area contributed by atoms with Crippen LogP contribution >= 0.6 is 11.6 Å². The number of benzene rings is 2. The number of furan rings is 1. The molecule has 3 aromatic rings. The predicted molar refractivity (Wildman–Crippen MR) is 87.1 cm³/mol. The van der Waals surface area contributed by atoms with Crippen molar-refractivity contribution in [3.05, 3.63) is 58.8 Å². The number of hydrogen-bond acceptors (Lipinski definition) is 3. The first-order valence-corrected chi connectivity index (χ1v) is 7.31. The second-order valence-corrected chi connectivity index (χ2v) is 5.54. The van der Waals surface area contributed by atoms with Gasteiger partial charge in [-0.3, -0.25) is 4.79 Å². The smallest absolute Gasteiger partial charge is 0.313 e. The lowest BCUT2D eigenvalue weighted by molar-refractivity contribution is -0.140. The highest BCUT2D eigenvalue weighted by Gasteiger charge is 2.20. The minimum atomic E-state index is -0.333. The van der Waals surface area contributed by atoms with Crippen LogP contribution in [0.2, 0.25) is 5.02 Å². The maximum absolute atomic E-state index is 11.7. The lowest BCUT2D eigenvalue weighted by atomic mass is 9.97. The van der Waals surface area contributed by atoms with E-state index in [1.54, 1.807) is 6.07 Å². The topological polar surface area (TPSA) is 39.4 Å². The van der Waals surface area contributed by atoms with E-state index in [-0.39, 0.29) is 12.4 Å². The fourth-order valence-electron chi connectivity index (χ4n) is 2.60. The highest BCUT2D eigenvalue weighted by molar-refractivity contribution is 6.31. The molecule has 0 aliphatic carbocycles. The molecule has 0 spiro atoms. The lowest BCUT2D eigenvalue weighted by Crippen LogP contribution is -2.04. The van der Waals surface area contributed by atoms with Gasteiger partial charge in [-0.05, 0) is 36.2 Å². The van der Waals surface area contributed by atoms with E-state index in [1.165, 1.54) is 7.11 Å². The number of aryl methyl sites for hydroxylation is 1. The summed E-state index contributed by atoms with van der Waals surface area (Å²) in [6.07, 6.45) is 0.0897. The third-order valence-electron chi connectivity index (χ3n) is 3.67. The van der Waals surface area contributed by atoms with Crippen LogP contribution in [-0.4, -0.2) is 13.1 Å². The predicted octanol–water partition coefficient (Wildman–Crippen LogP) is 4.78. The Morgan fingerprint density at radius 2 is 2.00 bits per heavy atom. The molecule has 22 heavy (non-hydrogen) atoms. The molecular formula is C18H15ClO3. The van der Waals surface area contributed by atoms with E-state index < -0.39 is 0 Å². The molecule has 1 heterocycles. The molecule has 1 aromatic heterocycles. The van der Waals surface area contributed by atoms with E-state index in [4.69, 9.17) is 20.8 Å². The molecule has 0 unspecified atom stereocenters. The molecule has 0 bridgehead atoms. The average Bonchev–Trinajstić information content (AvgIpc) is 2.84. The zero-order valence-corrected chi connectivity index (χ0v) is 13.1. The quantitative estimate of drug-likeness (QED) is 0.653. The molecule has 0 radical (unpaired) electrons. The monoisotopic (exact) mass is 314 g/mol. The summed E-state index contributed by atoms with van der Waals surface area (Å²) in [5, 5.41) is 1.54. The minimum Gasteiger partial charge on any atom is -0.469 e. The van der Waals surface area contributed by atoms with E-state index >= 15 is 0 Å². The number of ether oxygens (including phenoxy) is 1. The second kappa shape index (κ2) is 5.85. The molecule has 0 fully saturated rings. The van der Waals surface area contributed by atoms with Gasteiger partial charge in [0, 0.05) is 16.0 Å². The summed E-state index contributed by atoms with van der Waals surface area (Å²) >= 11 is 6.13. The summed E-state index contributed by atoms with van der Waals surface area (Å²) in [6.45, 7) is 2.03. The summed E-state index contributed by atoms with van der Waals surface area (Å²) in [6, 6.07) is 13.4. The standard InChI is InChI=1S/C18H15ClO3/c1-11-5-3-4-6-13(11)18-14-9-12(19)7-8-15(14)22-16(18)10-17(20)21-2/h3-9H,10H2,1-2H3. The van der Waals surface area contributed by atoms with Crippen LogP contribution in [0.4, 0.5) is 0 Å². The first kappa shape index (κ1) is 14.7. The van der Waals surface area contributed by atoms with E-state index in [0.29, 0.717) is 16.4 Å². The van der Waals surface area contributed by atoms with E-state index in [1.807, 2.05) is 43.3 Å². The Bertz CT molecular complexity index is 849. The Morgan fingerprint density at radius 1 is 1.23 bits per heavy atom. The molecule has 3 rings (SSSR count). The zero-order valence-electron chi connectivity index (χ0n) is 12.4.